The summed E-state index contributed by atoms with van der Waals surface area (Å²) < 4.78 is 1.90. The maximum Gasteiger partial charge on any atom is 0.146 e. The van der Waals surface area contributed by atoms with Crippen LogP contribution >= 0.6 is 0 Å². The van der Waals surface area contributed by atoms with Gasteiger partial charge in [0.15, 0.2) is 0 Å². The van der Waals surface area contributed by atoms with Crippen LogP contribution in [0.4, 0.5) is 0 Å². The summed E-state index contributed by atoms with van der Waals surface area (Å²) in [6, 6.07) is 11.1. The van der Waals surface area contributed by atoms with Gasteiger partial charge in [-0.15, -0.1) is 0 Å². The van der Waals surface area contributed by atoms with Crippen LogP contribution in [-0.4, -0.2) is 56.0 Å². The Morgan fingerprint density at radius 1 is 1.17 bits per heavy atom. The average molecular weight is 327 g/mol. The van der Waals surface area contributed by atoms with Crippen molar-refractivity contribution in [2.75, 3.05) is 13.1 Å². The minimum Gasteiger partial charge on any atom is -0.392 e. The summed E-state index contributed by atoms with van der Waals surface area (Å²) in [6.07, 6.45) is 6.04. The van der Waals surface area contributed by atoms with E-state index >= 15 is 0 Å². The molecule has 1 aliphatic heterocycles. The summed E-state index contributed by atoms with van der Waals surface area (Å²) in [4.78, 5) is 6.88. The third kappa shape index (κ3) is 3.22. The van der Waals surface area contributed by atoms with Crippen molar-refractivity contribution in [2.24, 2.45) is 0 Å². The van der Waals surface area contributed by atoms with Gasteiger partial charge in [-0.3, -0.25) is 4.90 Å². The maximum absolute atomic E-state index is 9.81. The SMILES string of the molecule is OC1CCN([C@@H]2CCC[C@@H]2NCc2ncnn2-c2ccccc2)C1. The van der Waals surface area contributed by atoms with Gasteiger partial charge in [0.25, 0.3) is 0 Å². The Morgan fingerprint density at radius 2 is 2.04 bits per heavy atom. The zero-order valence-corrected chi connectivity index (χ0v) is 13.9. The summed E-state index contributed by atoms with van der Waals surface area (Å²) in [7, 11) is 0. The van der Waals surface area contributed by atoms with Crippen molar-refractivity contribution in [3.8, 4) is 5.69 Å². The first-order valence-corrected chi connectivity index (χ1v) is 8.91. The number of aliphatic hydroxyl groups excluding tert-OH is 1. The lowest BCUT2D eigenvalue weighted by Gasteiger charge is -2.29. The second-order valence-electron chi connectivity index (χ2n) is 6.85. The highest BCUT2D eigenvalue weighted by molar-refractivity contribution is 5.30. The van der Waals surface area contributed by atoms with Gasteiger partial charge >= 0.3 is 0 Å². The third-order valence-corrected chi connectivity index (χ3v) is 5.28. The minimum absolute atomic E-state index is 0.146. The van der Waals surface area contributed by atoms with Crippen molar-refractivity contribution in [2.45, 2.75) is 50.4 Å². The molecule has 4 rings (SSSR count). The number of para-hydroxylation sites is 1. The predicted octanol–water partition coefficient (Wildman–Crippen LogP) is 1.34. The largest absolute Gasteiger partial charge is 0.392 e. The monoisotopic (exact) mass is 327 g/mol. The summed E-state index contributed by atoms with van der Waals surface area (Å²) in [5.41, 5.74) is 1.04. The first-order chi connectivity index (χ1) is 11.8. The lowest BCUT2D eigenvalue weighted by atomic mass is 10.1. The maximum atomic E-state index is 9.81. The van der Waals surface area contributed by atoms with Gasteiger partial charge in [0.05, 0.1) is 18.3 Å². The van der Waals surface area contributed by atoms with Crippen LogP contribution < -0.4 is 5.32 Å². The normalized spacial score (nSPS) is 27.8. The molecule has 2 N–H and O–H groups in total. The van der Waals surface area contributed by atoms with Crippen LogP contribution in [0, 0.1) is 0 Å². The van der Waals surface area contributed by atoms with E-state index in [1.54, 1.807) is 6.33 Å². The van der Waals surface area contributed by atoms with Crippen molar-refractivity contribution in [1.29, 1.82) is 0 Å². The molecule has 1 unspecified atom stereocenters. The van der Waals surface area contributed by atoms with Crippen LogP contribution in [0.5, 0.6) is 0 Å². The number of β-amino-alcohol motifs (C(OH)–C–C–N with tert-alkyl or cyclic N) is 1. The van der Waals surface area contributed by atoms with Crippen LogP contribution in [0.1, 0.15) is 31.5 Å². The molecule has 1 aromatic carbocycles. The third-order valence-electron chi connectivity index (χ3n) is 5.28. The summed E-state index contributed by atoms with van der Waals surface area (Å²) in [5, 5.41) is 17.9. The molecule has 128 valence electrons. The molecule has 1 aromatic heterocycles. The number of aliphatic hydroxyl groups is 1. The second-order valence-corrected chi connectivity index (χ2v) is 6.85. The summed E-state index contributed by atoms with van der Waals surface area (Å²) in [6.45, 7) is 2.56. The molecule has 2 fully saturated rings. The lowest BCUT2D eigenvalue weighted by molar-refractivity contribution is 0.149. The molecule has 0 bridgehead atoms. The predicted molar refractivity (Wildman–Crippen MR) is 91.8 cm³/mol. The number of hydrogen-bond donors (Lipinski definition) is 2. The standard InChI is InChI=1S/C18H25N5O/c24-15-9-10-22(12-15)17-8-4-7-16(17)19-11-18-20-13-21-23(18)14-5-2-1-3-6-14/h1-3,5-6,13,15-17,19,24H,4,7-12H2/t15?,16-,17+/m0/s1. The van der Waals surface area contributed by atoms with E-state index in [2.05, 4.69) is 20.3 Å². The zero-order valence-electron chi connectivity index (χ0n) is 13.9. The Morgan fingerprint density at radius 3 is 2.83 bits per heavy atom. The molecule has 24 heavy (non-hydrogen) atoms. The van der Waals surface area contributed by atoms with Crippen molar-refractivity contribution in [3.63, 3.8) is 0 Å². The molecule has 0 radical (unpaired) electrons. The summed E-state index contributed by atoms with van der Waals surface area (Å²) >= 11 is 0. The van der Waals surface area contributed by atoms with Gasteiger partial charge in [-0.1, -0.05) is 24.6 Å². The zero-order chi connectivity index (χ0) is 16.4. The molecule has 2 heterocycles. The lowest BCUT2D eigenvalue weighted by Crippen LogP contribution is -2.46. The highest BCUT2D eigenvalue weighted by atomic mass is 16.3. The quantitative estimate of drug-likeness (QED) is 0.868. The van der Waals surface area contributed by atoms with Gasteiger partial charge in [-0.2, -0.15) is 5.10 Å². The molecule has 1 saturated heterocycles. The average Bonchev–Trinajstić information content (AvgIpc) is 3.33. The van der Waals surface area contributed by atoms with Gasteiger partial charge in [0, 0.05) is 25.2 Å². The van der Waals surface area contributed by atoms with Crippen molar-refractivity contribution >= 4 is 0 Å². The molecule has 2 aromatic rings. The highest BCUT2D eigenvalue weighted by Gasteiger charge is 2.35. The molecule has 6 nitrogen and oxygen atoms in total. The van der Waals surface area contributed by atoms with E-state index in [1.165, 1.54) is 19.3 Å². The van der Waals surface area contributed by atoms with Crippen molar-refractivity contribution in [3.05, 3.63) is 42.5 Å². The number of likely N-dealkylation sites (tertiary alicyclic amines) is 1. The van der Waals surface area contributed by atoms with Gasteiger partial charge in [-0.25, -0.2) is 9.67 Å². The number of nitrogens with zero attached hydrogens (tertiary/aromatic N) is 4. The first kappa shape index (κ1) is 15.7. The number of hydrogen-bond acceptors (Lipinski definition) is 5. The van der Waals surface area contributed by atoms with Crippen molar-refractivity contribution in [1.82, 2.24) is 25.0 Å². The van der Waals surface area contributed by atoms with E-state index in [0.29, 0.717) is 18.6 Å². The first-order valence-electron chi connectivity index (χ1n) is 8.91. The smallest absolute Gasteiger partial charge is 0.146 e. The number of rotatable bonds is 5. The van der Waals surface area contributed by atoms with E-state index in [4.69, 9.17) is 0 Å². The highest BCUT2D eigenvalue weighted by Crippen LogP contribution is 2.27. The minimum atomic E-state index is -0.146. The Hall–Kier alpha value is -1.76. The van der Waals surface area contributed by atoms with E-state index in [1.807, 2.05) is 35.0 Å². The molecule has 1 aliphatic carbocycles. The number of aromatic nitrogens is 3. The Kier molecular flexibility index (Phi) is 4.60. The molecule has 6 heteroatoms. The molecule has 3 atom stereocenters. The molecule has 0 amide bonds. The Bertz CT molecular complexity index is 658. The fourth-order valence-electron chi connectivity index (χ4n) is 4.08. The molecular weight excluding hydrogens is 302 g/mol. The van der Waals surface area contributed by atoms with Gasteiger partial charge < -0.3 is 10.4 Å². The summed E-state index contributed by atoms with van der Waals surface area (Å²) in [5.74, 6) is 0.938. The topological polar surface area (TPSA) is 66.2 Å². The van der Waals surface area contributed by atoms with Crippen LogP contribution in [0.25, 0.3) is 5.69 Å². The van der Waals surface area contributed by atoms with Gasteiger partial charge in [-0.05, 0) is 31.4 Å². The number of nitrogens with one attached hydrogen (secondary N) is 1. The molecule has 2 aliphatic rings. The van der Waals surface area contributed by atoms with Crippen LogP contribution in [0.2, 0.25) is 0 Å². The van der Waals surface area contributed by atoms with Crippen LogP contribution in [0.15, 0.2) is 36.7 Å². The van der Waals surface area contributed by atoms with Gasteiger partial charge in [0.1, 0.15) is 12.2 Å². The second kappa shape index (κ2) is 7.01. The van der Waals surface area contributed by atoms with Crippen molar-refractivity contribution < 1.29 is 5.11 Å². The fraction of sp³-hybridized carbons (Fsp3) is 0.556. The van der Waals surface area contributed by atoms with Crippen LogP contribution in [-0.2, 0) is 6.54 Å². The van der Waals surface area contributed by atoms with Gasteiger partial charge in [0.2, 0.25) is 0 Å². The van der Waals surface area contributed by atoms with E-state index < -0.39 is 0 Å². The van der Waals surface area contributed by atoms with E-state index in [9.17, 15) is 5.11 Å². The molecule has 1 saturated carbocycles. The number of benzene rings is 1. The van der Waals surface area contributed by atoms with E-state index in [0.717, 1.165) is 31.0 Å². The molecule has 0 spiro atoms. The van der Waals surface area contributed by atoms with E-state index in [-0.39, 0.29) is 6.10 Å². The molecular formula is C18H25N5O. The fourth-order valence-corrected chi connectivity index (χ4v) is 4.08. The Labute approximate surface area is 142 Å². The Balaban J connectivity index is 1.41. The van der Waals surface area contributed by atoms with Crippen LogP contribution in [0.3, 0.4) is 0 Å².